The van der Waals surface area contributed by atoms with Gasteiger partial charge in [0.25, 0.3) is 0 Å². The number of benzene rings is 1. The number of fused-ring (bicyclic) bond motifs is 1. The Kier molecular flexibility index (Phi) is 2.85. The van der Waals surface area contributed by atoms with Gasteiger partial charge in [-0.2, -0.15) is 0 Å². The Bertz CT molecular complexity index is 346. The fraction of sp³-hybridized carbons (Fsp3) is 0.538. The standard InChI is InChI=1S/C13H19NO/c1-9(2)10(3)14-12-4-5-13-11(8-12)6-7-15-13/h4-5,8-10,14H,6-7H2,1-3H3. The van der Waals surface area contributed by atoms with Gasteiger partial charge in [0.1, 0.15) is 5.75 Å². The molecule has 1 aromatic carbocycles. The summed E-state index contributed by atoms with van der Waals surface area (Å²) in [5, 5.41) is 3.52. The molecular weight excluding hydrogens is 186 g/mol. The lowest BCUT2D eigenvalue weighted by Gasteiger charge is -2.19. The zero-order chi connectivity index (χ0) is 10.8. The summed E-state index contributed by atoms with van der Waals surface area (Å²) in [4.78, 5) is 0. The quantitative estimate of drug-likeness (QED) is 0.818. The normalized spacial score (nSPS) is 16.0. The van der Waals surface area contributed by atoms with Crippen molar-refractivity contribution in [1.82, 2.24) is 0 Å². The van der Waals surface area contributed by atoms with E-state index < -0.39 is 0 Å². The highest BCUT2D eigenvalue weighted by molar-refractivity contribution is 5.52. The van der Waals surface area contributed by atoms with E-state index in [1.165, 1.54) is 11.3 Å². The predicted molar refractivity (Wildman–Crippen MR) is 63.6 cm³/mol. The van der Waals surface area contributed by atoms with E-state index in [0.717, 1.165) is 18.8 Å². The summed E-state index contributed by atoms with van der Waals surface area (Å²) in [6, 6.07) is 6.88. The van der Waals surface area contributed by atoms with Crippen LogP contribution in [-0.4, -0.2) is 12.6 Å². The fourth-order valence-electron chi connectivity index (χ4n) is 1.71. The molecule has 1 unspecified atom stereocenters. The van der Waals surface area contributed by atoms with Gasteiger partial charge in [0.05, 0.1) is 6.61 Å². The number of ether oxygens (including phenoxy) is 1. The van der Waals surface area contributed by atoms with Gasteiger partial charge in [-0.3, -0.25) is 0 Å². The molecule has 0 saturated heterocycles. The minimum Gasteiger partial charge on any atom is -0.493 e. The van der Waals surface area contributed by atoms with Gasteiger partial charge in [-0.1, -0.05) is 13.8 Å². The van der Waals surface area contributed by atoms with Crippen molar-refractivity contribution in [2.24, 2.45) is 5.92 Å². The van der Waals surface area contributed by atoms with E-state index in [4.69, 9.17) is 4.74 Å². The molecule has 1 heterocycles. The van der Waals surface area contributed by atoms with Crippen LogP contribution in [0.25, 0.3) is 0 Å². The highest BCUT2D eigenvalue weighted by Gasteiger charge is 2.13. The summed E-state index contributed by atoms with van der Waals surface area (Å²) in [7, 11) is 0. The van der Waals surface area contributed by atoms with Crippen LogP contribution in [0, 0.1) is 5.92 Å². The molecule has 0 spiro atoms. The lowest BCUT2D eigenvalue weighted by Crippen LogP contribution is -2.21. The summed E-state index contributed by atoms with van der Waals surface area (Å²) >= 11 is 0. The van der Waals surface area contributed by atoms with Gasteiger partial charge in [-0.05, 0) is 36.6 Å². The van der Waals surface area contributed by atoms with Crippen molar-refractivity contribution in [3.05, 3.63) is 23.8 Å². The number of rotatable bonds is 3. The van der Waals surface area contributed by atoms with Crippen LogP contribution < -0.4 is 10.1 Å². The molecule has 0 saturated carbocycles. The second kappa shape index (κ2) is 4.13. The van der Waals surface area contributed by atoms with E-state index in [1.54, 1.807) is 0 Å². The van der Waals surface area contributed by atoms with Crippen LogP contribution in [0.5, 0.6) is 5.75 Å². The molecule has 15 heavy (non-hydrogen) atoms. The second-order valence-electron chi connectivity index (χ2n) is 4.60. The predicted octanol–water partition coefficient (Wildman–Crippen LogP) is 3.08. The topological polar surface area (TPSA) is 21.3 Å². The molecule has 1 atom stereocenters. The summed E-state index contributed by atoms with van der Waals surface area (Å²) < 4.78 is 5.48. The van der Waals surface area contributed by atoms with E-state index in [9.17, 15) is 0 Å². The van der Waals surface area contributed by atoms with Crippen molar-refractivity contribution in [3.63, 3.8) is 0 Å². The van der Waals surface area contributed by atoms with E-state index in [1.807, 2.05) is 0 Å². The number of hydrogen-bond acceptors (Lipinski definition) is 2. The molecule has 1 aromatic rings. The Morgan fingerprint density at radius 1 is 1.27 bits per heavy atom. The molecule has 1 aliphatic rings. The van der Waals surface area contributed by atoms with Gasteiger partial charge in [0, 0.05) is 18.2 Å². The van der Waals surface area contributed by atoms with Crippen LogP contribution in [0.4, 0.5) is 5.69 Å². The molecule has 0 aromatic heterocycles. The maximum absolute atomic E-state index is 5.48. The maximum Gasteiger partial charge on any atom is 0.122 e. The molecule has 82 valence electrons. The van der Waals surface area contributed by atoms with Crippen molar-refractivity contribution in [2.45, 2.75) is 33.2 Å². The highest BCUT2D eigenvalue weighted by Crippen LogP contribution is 2.28. The first-order valence-corrected chi connectivity index (χ1v) is 5.69. The molecular formula is C13H19NO. The van der Waals surface area contributed by atoms with Gasteiger partial charge in [-0.15, -0.1) is 0 Å². The van der Waals surface area contributed by atoms with Crippen molar-refractivity contribution in [3.8, 4) is 5.75 Å². The highest BCUT2D eigenvalue weighted by atomic mass is 16.5. The van der Waals surface area contributed by atoms with Gasteiger partial charge >= 0.3 is 0 Å². The zero-order valence-corrected chi connectivity index (χ0v) is 9.71. The first-order chi connectivity index (χ1) is 7.16. The Balaban J connectivity index is 2.10. The SMILES string of the molecule is CC(C)C(C)Nc1ccc2c(c1)CCO2. The number of nitrogens with one attached hydrogen (secondary N) is 1. The summed E-state index contributed by atoms with van der Waals surface area (Å²) in [5.41, 5.74) is 2.54. The van der Waals surface area contributed by atoms with Crippen LogP contribution in [-0.2, 0) is 6.42 Å². The van der Waals surface area contributed by atoms with Crippen molar-refractivity contribution in [1.29, 1.82) is 0 Å². The molecule has 0 amide bonds. The third-order valence-corrected chi connectivity index (χ3v) is 3.08. The Morgan fingerprint density at radius 2 is 2.07 bits per heavy atom. The van der Waals surface area contributed by atoms with E-state index in [2.05, 4.69) is 44.3 Å². The third kappa shape index (κ3) is 2.25. The van der Waals surface area contributed by atoms with Crippen LogP contribution in [0.2, 0.25) is 0 Å². The average Bonchev–Trinajstić information content (AvgIpc) is 2.64. The number of anilines is 1. The Labute approximate surface area is 91.6 Å². The van der Waals surface area contributed by atoms with Crippen molar-refractivity contribution < 1.29 is 4.74 Å². The summed E-state index contributed by atoms with van der Waals surface area (Å²) in [6.45, 7) is 7.51. The molecule has 0 bridgehead atoms. The van der Waals surface area contributed by atoms with Crippen LogP contribution in [0.3, 0.4) is 0 Å². The van der Waals surface area contributed by atoms with Crippen molar-refractivity contribution >= 4 is 5.69 Å². The third-order valence-electron chi connectivity index (χ3n) is 3.08. The lowest BCUT2D eigenvalue weighted by atomic mass is 10.1. The van der Waals surface area contributed by atoms with Gasteiger partial charge in [0.15, 0.2) is 0 Å². The molecule has 0 fully saturated rings. The van der Waals surface area contributed by atoms with E-state index in [0.29, 0.717) is 12.0 Å². The zero-order valence-electron chi connectivity index (χ0n) is 9.71. The summed E-state index contributed by atoms with van der Waals surface area (Å²) in [6.07, 6.45) is 1.04. The maximum atomic E-state index is 5.48. The minimum absolute atomic E-state index is 0.505. The van der Waals surface area contributed by atoms with Crippen LogP contribution in [0.1, 0.15) is 26.3 Å². The molecule has 0 radical (unpaired) electrons. The summed E-state index contributed by atoms with van der Waals surface area (Å²) in [5.74, 6) is 1.70. The van der Waals surface area contributed by atoms with Crippen LogP contribution >= 0.6 is 0 Å². The van der Waals surface area contributed by atoms with Gasteiger partial charge in [-0.25, -0.2) is 0 Å². The lowest BCUT2D eigenvalue weighted by molar-refractivity contribution is 0.357. The monoisotopic (exact) mass is 205 g/mol. The fourth-order valence-corrected chi connectivity index (χ4v) is 1.71. The number of hydrogen-bond donors (Lipinski definition) is 1. The molecule has 2 rings (SSSR count). The molecule has 1 N–H and O–H groups in total. The van der Waals surface area contributed by atoms with Crippen LogP contribution in [0.15, 0.2) is 18.2 Å². The Morgan fingerprint density at radius 3 is 2.80 bits per heavy atom. The molecule has 1 aliphatic heterocycles. The minimum atomic E-state index is 0.505. The smallest absolute Gasteiger partial charge is 0.122 e. The van der Waals surface area contributed by atoms with Gasteiger partial charge in [0.2, 0.25) is 0 Å². The average molecular weight is 205 g/mol. The molecule has 0 aliphatic carbocycles. The first-order valence-electron chi connectivity index (χ1n) is 5.69. The second-order valence-corrected chi connectivity index (χ2v) is 4.60. The van der Waals surface area contributed by atoms with E-state index in [-0.39, 0.29) is 0 Å². The van der Waals surface area contributed by atoms with Gasteiger partial charge < -0.3 is 10.1 Å². The molecule has 2 nitrogen and oxygen atoms in total. The largest absolute Gasteiger partial charge is 0.493 e. The Hall–Kier alpha value is -1.18. The molecule has 2 heteroatoms. The first kappa shape index (κ1) is 10.3. The van der Waals surface area contributed by atoms with Crippen molar-refractivity contribution in [2.75, 3.05) is 11.9 Å². The van der Waals surface area contributed by atoms with E-state index >= 15 is 0 Å².